The lowest BCUT2D eigenvalue weighted by molar-refractivity contribution is 0.102. The van der Waals surface area contributed by atoms with Crippen LogP contribution >= 0.6 is 46.4 Å². The van der Waals surface area contributed by atoms with Crippen molar-refractivity contribution in [1.82, 2.24) is 19.6 Å². The van der Waals surface area contributed by atoms with Crippen molar-refractivity contribution in [1.29, 1.82) is 0 Å². The smallest absolute Gasteiger partial charge is 0.340 e. The summed E-state index contributed by atoms with van der Waals surface area (Å²) in [5.41, 5.74) is 2.80. The van der Waals surface area contributed by atoms with E-state index in [0.717, 1.165) is 11.1 Å². The molecule has 0 radical (unpaired) electrons. The molecule has 2 heterocycles. The molecule has 0 unspecified atom stereocenters. The van der Waals surface area contributed by atoms with Gasteiger partial charge in [-0.1, -0.05) is 81.8 Å². The number of nitrogens with zero attached hydrogens (tertiary/aromatic N) is 4. The molecular formula is C38H32Cl4N4O8S2. The van der Waals surface area contributed by atoms with Gasteiger partial charge in [0.2, 0.25) is 23.3 Å². The number of ketones is 2. The molecule has 0 amide bonds. The predicted molar refractivity (Wildman–Crippen MR) is 214 cm³/mol. The van der Waals surface area contributed by atoms with Crippen LogP contribution in [0, 0.1) is 27.7 Å². The van der Waals surface area contributed by atoms with Crippen LogP contribution in [0.25, 0.3) is 0 Å². The first kappa shape index (κ1) is 42.4. The van der Waals surface area contributed by atoms with Crippen molar-refractivity contribution in [3.8, 4) is 11.8 Å². The van der Waals surface area contributed by atoms with Gasteiger partial charge in [-0.15, -0.1) is 0 Å². The zero-order valence-electron chi connectivity index (χ0n) is 30.5. The van der Waals surface area contributed by atoms with Crippen LogP contribution in [0.1, 0.15) is 54.4 Å². The number of carbonyl (C=O) groups excluding carboxylic acids is 2. The molecule has 0 atom stereocenters. The Hall–Kier alpha value is -4.70. The van der Waals surface area contributed by atoms with E-state index in [0.29, 0.717) is 21.4 Å². The third-order valence-corrected chi connectivity index (χ3v) is 11.7. The summed E-state index contributed by atoms with van der Waals surface area (Å²) in [7, 11) is -5.34. The molecular weight excluding hydrogens is 846 g/mol. The summed E-state index contributed by atoms with van der Waals surface area (Å²) in [5, 5.41) is 9.32. The maximum absolute atomic E-state index is 13.0. The molecule has 0 saturated heterocycles. The van der Waals surface area contributed by atoms with E-state index in [1.54, 1.807) is 38.1 Å². The molecule has 6 rings (SSSR count). The van der Waals surface area contributed by atoms with Crippen molar-refractivity contribution >= 4 is 78.2 Å². The SMILES string of the molecule is Cc1ccc(S(=O)(=O)Oc2c(C(=O)c3ccc(Cl)cc3Cl)c(C)nn2C)cc1.Cc1ccc(S(=O)(=O)Oc2c(C(=O)c3ccc(Cl)cc3Cl)c(C)nn2C)cc1. The lowest BCUT2D eigenvalue weighted by Crippen LogP contribution is -2.15. The first-order valence-corrected chi connectivity index (χ1v) is 20.6. The minimum absolute atomic E-state index is 0.0161. The van der Waals surface area contributed by atoms with Crippen LogP contribution in [0.15, 0.2) is 94.7 Å². The minimum atomic E-state index is -4.16. The fourth-order valence-electron chi connectivity index (χ4n) is 5.32. The monoisotopic (exact) mass is 876 g/mol. The summed E-state index contributed by atoms with van der Waals surface area (Å²) in [4.78, 5) is 26.0. The van der Waals surface area contributed by atoms with E-state index in [1.165, 1.54) is 84.1 Å². The quantitative estimate of drug-likeness (QED) is 0.0964. The van der Waals surface area contributed by atoms with Crippen molar-refractivity contribution in [2.24, 2.45) is 14.1 Å². The fourth-order valence-corrected chi connectivity index (χ4v) is 8.24. The molecule has 292 valence electrons. The summed E-state index contributed by atoms with van der Waals surface area (Å²) < 4.78 is 63.7. The molecule has 0 fully saturated rings. The zero-order valence-corrected chi connectivity index (χ0v) is 35.1. The van der Waals surface area contributed by atoms with Gasteiger partial charge in [-0.25, -0.2) is 9.36 Å². The Balaban J connectivity index is 0.000000214. The molecule has 4 aromatic carbocycles. The highest BCUT2D eigenvalue weighted by Gasteiger charge is 2.30. The highest BCUT2D eigenvalue weighted by atomic mass is 35.5. The summed E-state index contributed by atoms with van der Waals surface area (Å²) in [6.45, 7) is 6.85. The maximum atomic E-state index is 13.0. The zero-order chi connectivity index (χ0) is 41.3. The van der Waals surface area contributed by atoms with E-state index in [9.17, 15) is 26.4 Å². The third kappa shape index (κ3) is 9.28. The molecule has 12 nitrogen and oxygen atoms in total. The van der Waals surface area contributed by atoms with E-state index in [-0.39, 0.29) is 53.9 Å². The Morgan fingerprint density at radius 3 is 1.16 bits per heavy atom. The topological polar surface area (TPSA) is 157 Å². The molecule has 0 aliphatic heterocycles. The van der Waals surface area contributed by atoms with Crippen LogP contribution < -0.4 is 8.37 Å². The Labute approximate surface area is 343 Å². The highest BCUT2D eigenvalue weighted by molar-refractivity contribution is 7.87. The van der Waals surface area contributed by atoms with Crippen molar-refractivity contribution in [3.63, 3.8) is 0 Å². The molecule has 6 aromatic rings. The third-order valence-electron chi connectivity index (χ3n) is 8.14. The second-order valence-electron chi connectivity index (χ2n) is 12.4. The first-order valence-electron chi connectivity index (χ1n) is 16.3. The summed E-state index contributed by atoms with van der Waals surface area (Å²) in [5.74, 6) is -1.40. The van der Waals surface area contributed by atoms with Crippen LogP contribution in [0.5, 0.6) is 11.8 Å². The molecule has 18 heteroatoms. The van der Waals surface area contributed by atoms with Crippen LogP contribution in [0.3, 0.4) is 0 Å². The van der Waals surface area contributed by atoms with E-state index >= 15 is 0 Å². The van der Waals surface area contributed by atoms with Gasteiger partial charge in [0.05, 0.1) is 21.4 Å². The van der Waals surface area contributed by atoms with Gasteiger partial charge < -0.3 is 8.37 Å². The number of benzene rings is 4. The number of rotatable bonds is 10. The number of hydrogen-bond donors (Lipinski definition) is 0. The number of aryl methyl sites for hydroxylation is 6. The van der Waals surface area contributed by atoms with Crippen molar-refractivity contribution in [2.75, 3.05) is 0 Å². The van der Waals surface area contributed by atoms with E-state index < -0.39 is 31.8 Å². The number of halogens is 4. The maximum Gasteiger partial charge on any atom is 0.340 e. The Bertz CT molecular complexity index is 2530. The van der Waals surface area contributed by atoms with Crippen LogP contribution in [-0.4, -0.2) is 48.0 Å². The van der Waals surface area contributed by atoms with E-state index in [2.05, 4.69) is 10.2 Å². The minimum Gasteiger partial charge on any atom is -0.358 e. The normalized spacial score (nSPS) is 11.5. The van der Waals surface area contributed by atoms with Gasteiger partial charge >= 0.3 is 20.2 Å². The Morgan fingerprint density at radius 1 is 0.536 bits per heavy atom. The molecule has 0 aliphatic rings. The molecule has 0 saturated carbocycles. The Morgan fingerprint density at radius 2 is 0.857 bits per heavy atom. The van der Waals surface area contributed by atoms with Gasteiger partial charge in [-0.3, -0.25) is 9.59 Å². The molecule has 0 N–H and O–H groups in total. The Kier molecular flexibility index (Phi) is 12.7. The summed E-state index contributed by atoms with van der Waals surface area (Å²) in [6.07, 6.45) is 0. The van der Waals surface area contributed by atoms with Crippen molar-refractivity contribution < 1.29 is 34.8 Å². The van der Waals surface area contributed by atoms with Crippen molar-refractivity contribution in [2.45, 2.75) is 37.5 Å². The number of aromatic nitrogens is 4. The summed E-state index contributed by atoms with van der Waals surface area (Å²) in [6, 6.07) is 21.2. The van der Waals surface area contributed by atoms with Gasteiger partial charge in [-0.2, -0.15) is 27.0 Å². The van der Waals surface area contributed by atoms with Crippen LogP contribution in [-0.2, 0) is 34.3 Å². The van der Waals surface area contributed by atoms with Crippen molar-refractivity contribution in [3.05, 3.63) is 150 Å². The van der Waals surface area contributed by atoms with Gasteiger partial charge in [0.15, 0.2) is 0 Å². The molecule has 2 aromatic heterocycles. The molecule has 0 spiro atoms. The van der Waals surface area contributed by atoms with Gasteiger partial charge in [0.25, 0.3) is 0 Å². The average Bonchev–Trinajstić information content (AvgIpc) is 3.55. The lowest BCUT2D eigenvalue weighted by Gasteiger charge is -2.10. The van der Waals surface area contributed by atoms with Gasteiger partial charge in [0.1, 0.15) is 20.9 Å². The van der Waals surface area contributed by atoms with Crippen LogP contribution in [0.2, 0.25) is 20.1 Å². The average molecular weight is 879 g/mol. The molecule has 56 heavy (non-hydrogen) atoms. The second-order valence-corrected chi connectivity index (χ2v) is 17.2. The van der Waals surface area contributed by atoms with Gasteiger partial charge in [-0.05, 0) is 88.4 Å². The largest absolute Gasteiger partial charge is 0.358 e. The van der Waals surface area contributed by atoms with E-state index in [1.807, 2.05) is 13.8 Å². The summed E-state index contributed by atoms with van der Waals surface area (Å²) >= 11 is 24.0. The lowest BCUT2D eigenvalue weighted by atomic mass is 10.0. The second kappa shape index (κ2) is 16.8. The molecule has 0 bridgehead atoms. The number of carbonyl (C=O) groups is 2. The van der Waals surface area contributed by atoms with Gasteiger partial charge in [0, 0.05) is 35.3 Å². The standard InChI is InChI=1S/2C19H16Cl2N2O4S/c2*1-11-4-7-14(8-5-11)28(25,26)27-19-17(12(2)22-23(19)3)18(24)15-9-6-13(20)10-16(15)21/h2*4-10H,1-3H3. The number of hydrogen-bond acceptors (Lipinski definition) is 10. The van der Waals surface area contributed by atoms with E-state index in [4.69, 9.17) is 54.8 Å². The predicted octanol–water partition coefficient (Wildman–Crippen LogP) is 8.68. The molecule has 0 aliphatic carbocycles. The first-order chi connectivity index (χ1) is 26.2. The van der Waals surface area contributed by atoms with Crippen LogP contribution in [0.4, 0.5) is 0 Å². The fraction of sp³-hybridized carbons (Fsp3) is 0.158. The highest BCUT2D eigenvalue weighted by Crippen LogP contribution is 2.33.